The molecule has 0 aliphatic carbocycles. The predicted octanol–water partition coefficient (Wildman–Crippen LogP) is 2.33. The summed E-state index contributed by atoms with van der Waals surface area (Å²) in [7, 11) is 5.70. The molecule has 6 nitrogen and oxygen atoms in total. The van der Waals surface area contributed by atoms with Crippen molar-refractivity contribution in [1.29, 1.82) is 0 Å². The first-order chi connectivity index (χ1) is 13.1. The average molecular weight is 374 g/mol. The second kappa shape index (κ2) is 11.5. The number of likely N-dealkylation sites (tertiary alicyclic amines) is 1. The van der Waals surface area contributed by atoms with E-state index in [1.54, 1.807) is 7.05 Å². The average Bonchev–Trinajstić information content (AvgIpc) is 2.72. The minimum absolute atomic E-state index is 0.149. The largest absolute Gasteiger partial charge is 0.375 e. The van der Waals surface area contributed by atoms with E-state index in [1.807, 2.05) is 13.1 Å². The van der Waals surface area contributed by atoms with Crippen LogP contribution in [0.5, 0.6) is 0 Å². The quantitative estimate of drug-likeness (QED) is 0.417. The number of aliphatic imine (C=N–C) groups is 1. The number of amides is 1. The number of nitrogens with zero attached hydrogens (tertiary/aromatic N) is 3. The van der Waals surface area contributed by atoms with Crippen molar-refractivity contribution < 1.29 is 4.79 Å². The van der Waals surface area contributed by atoms with Crippen molar-refractivity contribution in [3.05, 3.63) is 30.3 Å². The smallest absolute Gasteiger partial charge is 0.220 e. The highest BCUT2D eigenvalue weighted by Crippen LogP contribution is 2.20. The fraction of sp³-hybridized carbons (Fsp3) is 0.619. The van der Waals surface area contributed by atoms with Crippen molar-refractivity contribution >= 4 is 17.6 Å². The number of hydrogen-bond donors (Lipinski definition) is 2. The number of para-hydroxylation sites is 1. The highest BCUT2D eigenvalue weighted by Gasteiger charge is 2.22. The number of guanidine groups is 1. The molecule has 1 aromatic carbocycles. The van der Waals surface area contributed by atoms with Gasteiger partial charge in [0, 0.05) is 59.4 Å². The molecule has 0 saturated carbocycles. The number of piperidine rings is 1. The number of rotatable bonds is 8. The predicted molar refractivity (Wildman–Crippen MR) is 113 cm³/mol. The van der Waals surface area contributed by atoms with Crippen LogP contribution in [-0.2, 0) is 4.79 Å². The second-order valence-corrected chi connectivity index (χ2v) is 7.25. The molecule has 1 amide bonds. The van der Waals surface area contributed by atoms with Gasteiger partial charge in [0.25, 0.3) is 0 Å². The number of hydrogen-bond acceptors (Lipinski definition) is 3. The Kier molecular flexibility index (Phi) is 8.95. The number of nitrogens with one attached hydrogen (secondary N) is 2. The van der Waals surface area contributed by atoms with E-state index in [1.165, 1.54) is 5.69 Å². The van der Waals surface area contributed by atoms with Gasteiger partial charge in [-0.25, -0.2) is 0 Å². The molecule has 0 spiro atoms. The molecule has 150 valence electrons. The molecule has 6 heteroatoms. The Morgan fingerprint density at radius 2 is 1.93 bits per heavy atom. The normalized spacial score (nSPS) is 15.5. The van der Waals surface area contributed by atoms with Gasteiger partial charge in [-0.1, -0.05) is 18.2 Å². The van der Waals surface area contributed by atoms with Crippen molar-refractivity contribution in [2.45, 2.75) is 32.1 Å². The maximum atomic E-state index is 11.5. The van der Waals surface area contributed by atoms with Crippen LogP contribution < -0.4 is 15.5 Å². The summed E-state index contributed by atoms with van der Waals surface area (Å²) < 4.78 is 0. The minimum atomic E-state index is 0.149. The van der Waals surface area contributed by atoms with E-state index in [2.05, 4.69) is 56.7 Å². The first-order valence-electron chi connectivity index (χ1n) is 10.1. The van der Waals surface area contributed by atoms with Crippen LogP contribution in [0.4, 0.5) is 5.69 Å². The summed E-state index contributed by atoms with van der Waals surface area (Å²) in [4.78, 5) is 20.6. The Bertz CT molecular complexity index is 581. The molecule has 2 rings (SSSR count). The van der Waals surface area contributed by atoms with Gasteiger partial charge in [-0.15, -0.1) is 0 Å². The molecule has 0 radical (unpaired) electrons. The SMILES string of the molecule is CN=C(NCCCCN(C)c1ccccc1)N1CCC(CC(=O)NC)CC1. The zero-order chi connectivity index (χ0) is 19.5. The van der Waals surface area contributed by atoms with Crippen molar-refractivity contribution in [3.63, 3.8) is 0 Å². The van der Waals surface area contributed by atoms with Gasteiger partial charge in [-0.05, 0) is 43.7 Å². The molecule has 1 aromatic rings. The van der Waals surface area contributed by atoms with Gasteiger partial charge in [0.2, 0.25) is 5.91 Å². The van der Waals surface area contributed by atoms with Crippen molar-refractivity contribution in [2.24, 2.45) is 10.9 Å². The van der Waals surface area contributed by atoms with E-state index in [9.17, 15) is 4.79 Å². The maximum Gasteiger partial charge on any atom is 0.220 e. The van der Waals surface area contributed by atoms with Gasteiger partial charge in [0.15, 0.2) is 5.96 Å². The summed E-state index contributed by atoms with van der Waals surface area (Å²) in [5.41, 5.74) is 1.26. The van der Waals surface area contributed by atoms with Crippen LogP contribution in [0.2, 0.25) is 0 Å². The molecular weight excluding hydrogens is 338 g/mol. The Hall–Kier alpha value is -2.24. The molecule has 27 heavy (non-hydrogen) atoms. The third kappa shape index (κ3) is 7.12. The topological polar surface area (TPSA) is 60.0 Å². The number of carbonyl (C=O) groups is 1. The number of carbonyl (C=O) groups excluding carboxylic acids is 1. The Labute approximate surface area is 164 Å². The van der Waals surface area contributed by atoms with Crippen molar-refractivity contribution in [1.82, 2.24) is 15.5 Å². The molecule has 1 aliphatic heterocycles. The van der Waals surface area contributed by atoms with E-state index >= 15 is 0 Å². The second-order valence-electron chi connectivity index (χ2n) is 7.25. The van der Waals surface area contributed by atoms with Crippen LogP contribution in [-0.4, -0.2) is 64.1 Å². The molecule has 0 unspecified atom stereocenters. The van der Waals surface area contributed by atoms with Gasteiger partial charge < -0.3 is 20.4 Å². The van der Waals surface area contributed by atoms with Crippen molar-refractivity contribution in [2.75, 3.05) is 52.2 Å². The first kappa shape index (κ1) is 21.1. The van der Waals surface area contributed by atoms with E-state index in [-0.39, 0.29) is 5.91 Å². The molecular formula is C21H35N5O. The number of anilines is 1. The lowest BCUT2D eigenvalue weighted by atomic mass is 9.93. The summed E-state index contributed by atoms with van der Waals surface area (Å²) in [6.07, 6.45) is 5.00. The molecule has 1 saturated heterocycles. The van der Waals surface area contributed by atoms with Crippen LogP contribution in [0.3, 0.4) is 0 Å². The summed E-state index contributed by atoms with van der Waals surface area (Å²) in [6.45, 7) is 3.93. The highest BCUT2D eigenvalue weighted by molar-refractivity contribution is 5.80. The summed E-state index contributed by atoms with van der Waals surface area (Å²) in [6, 6.07) is 10.5. The van der Waals surface area contributed by atoms with Crippen LogP contribution >= 0.6 is 0 Å². The summed E-state index contributed by atoms with van der Waals surface area (Å²) in [5.74, 6) is 1.63. The van der Waals surface area contributed by atoms with Gasteiger partial charge in [0.1, 0.15) is 0 Å². The minimum Gasteiger partial charge on any atom is -0.375 e. The molecule has 0 aromatic heterocycles. The molecule has 1 heterocycles. The molecule has 2 N–H and O–H groups in total. The lowest BCUT2D eigenvalue weighted by Gasteiger charge is -2.34. The zero-order valence-corrected chi connectivity index (χ0v) is 17.1. The first-order valence-corrected chi connectivity index (χ1v) is 10.1. The van der Waals surface area contributed by atoms with E-state index < -0.39 is 0 Å². The monoisotopic (exact) mass is 373 g/mol. The highest BCUT2D eigenvalue weighted by atomic mass is 16.1. The van der Waals surface area contributed by atoms with Gasteiger partial charge >= 0.3 is 0 Å². The number of benzene rings is 1. The van der Waals surface area contributed by atoms with Crippen LogP contribution in [0.1, 0.15) is 32.1 Å². The van der Waals surface area contributed by atoms with E-state index in [0.29, 0.717) is 12.3 Å². The Morgan fingerprint density at radius 3 is 2.56 bits per heavy atom. The van der Waals surface area contributed by atoms with E-state index in [4.69, 9.17) is 0 Å². The molecule has 0 atom stereocenters. The van der Waals surface area contributed by atoms with Gasteiger partial charge in [-0.3, -0.25) is 9.79 Å². The maximum absolute atomic E-state index is 11.5. The Balaban J connectivity index is 1.63. The van der Waals surface area contributed by atoms with Crippen LogP contribution in [0.15, 0.2) is 35.3 Å². The number of unbranched alkanes of at least 4 members (excludes halogenated alkanes) is 1. The lowest BCUT2D eigenvalue weighted by molar-refractivity contribution is -0.121. The van der Waals surface area contributed by atoms with Gasteiger partial charge in [-0.2, -0.15) is 0 Å². The van der Waals surface area contributed by atoms with Crippen LogP contribution in [0.25, 0.3) is 0 Å². The summed E-state index contributed by atoms with van der Waals surface area (Å²) in [5, 5.41) is 6.22. The van der Waals surface area contributed by atoms with Gasteiger partial charge in [0.05, 0.1) is 0 Å². The van der Waals surface area contributed by atoms with Crippen LogP contribution in [0, 0.1) is 5.92 Å². The lowest BCUT2D eigenvalue weighted by Crippen LogP contribution is -2.46. The Morgan fingerprint density at radius 1 is 1.22 bits per heavy atom. The molecule has 0 bridgehead atoms. The zero-order valence-electron chi connectivity index (χ0n) is 17.1. The summed E-state index contributed by atoms with van der Waals surface area (Å²) >= 11 is 0. The standard InChI is InChI=1S/C21H35N5O/c1-22-20(27)17-18-11-15-26(16-12-18)21(23-2)24-13-7-8-14-25(3)19-9-5-4-6-10-19/h4-6,9-10,18H,7-8,11-17H2,1-3H3,(H,22,27)(H,23,24). The van der Waals surface area contributed by atoms with E-state index in [0.717, 1.165) is 57.8 Å². The third-order valence-electron chi connectivity index (χ3n) is 5.28. The fourth-order valence-corrected chi connectivity index (χ4v) is 3.53. The van der Waals surface area contributed by atoms with Crippen molar-refractivity contribution in [3.8, 4) is 0 Å². The third-order valence-corrected chi connectivity index (χ3v) is 5.28. The fourth-order valence-electron chi connectivity index (χ4n) is 3.53. The molecule has 1 aliphatic rings. The molecule has 1 fully saturated rings.